The van der Waals surface area contributed by atoms with Gasteiger partial charge in [0.2, 0.25) is 0 Å². The normalized spacial score (nSPS) is 10.6. The number of rotatable bonds is 6. The third-order valence-corrected chi connectivity index (χ3v) is 2.48. The number of Topliss-reactive ketones (excluding diaryl/α,β-unsaturated/α-hetero) is 1. The molecule has 0 unspecified atom stereocenters. The molecular formula is C13H30OS2. The second kappa shape index (κ2) is 10.5. The van der Waals surface area contributed by atoms with E-state index in [9.17, 15) is 4.79 Å². The summed E-state index contributed by atoms with van der Waals surface area (Å²) in [6.07, 6.45) is 2.10. The van der Waals surface area contributed by atoms with E-state index < -0.39 is 0 Å². The maximum absolute atomic E-state index is 11.9. The molecule has 100 valence electrons. The molecule has 0 saturated carbocycles. The molecule has 0 radical (unpaired) electrons. The Labute approximate surface area is 116 Å². The van der Waals surface area contributed by atoms with Gasteiger partial charge in [0.05, 0.1) is 0 Å². The van der Waals surface area contributed by atoms with Gasteiger partial charge in [-0.15, -0.1) is 0 Å². The molecule has 0 aromatic rings. The summed E-state index contributed by atoms with van der Waals surface area (Å²) < 4.78 is 0. The average Bonchev–Trinajstić information content (AvgIpc) is 1.99. The fraction of sp³-hybridized carbons (Fsp3) is 0.923. The van der Waals surface area contributed by atoms with E-state index in [2.05, 4.69) is 27.7 Å². The van der Waals surface area contributed by atoms with Crippen LogP contribution in [0.2, 0.25) is 0 Å². The molecule has 0 amide bonds. The highest BCUT2D eigenvalue weighted by Gasteiger charge is 2.22. The van der Waals surface area contributed by atoms with Crippen molar-refractivity contribution in [1.82, 2.24) is 0 Å². The molecule has 3 heteroatoms. The first-order valence-corrected chi connectivity index (χ1v) is 5.88. The van der Waals surface area contributed by atoms with Crippen LogP contribution in [0.3, 0.4) is 0 Å². The SMILES string of the molecule is CC(C)CC(CC(C)C)C(=O)C(C)C.S.S. The number of carbonyl (C=O) groups is 1. The summed E-state index contributed by atoms with van der Waals surface area (Å²) >= 11 is 0. The Morgan fingerprint density at radius 2 is 1.12 bits per heavy atom. The van der Waals surface area contributed by atoms with Gasteiger partial charge in [0.15, 0.2) is 0 Å². The largest absolute Gasteiger partial charge is 0.299 e. The predicted octanol–water partition coefficient (Wildman–Crippen LogP) is 4.15. The van der Waals surface area contributed by atoms with E-state index >= 15 is 0 Å². The van der Waals surface area contributed by atoms with Gasteiger partial charge in [-0.3, -0.25) is 4.79 Å². The molecule has 0 saturated heterocycles. The van der Waals surface area contributed by atoms with Gasteiger partial charge in [0.1, 0.15) is 5.78 Å². The van der Waals surface area contributed by atoms with Gasteiger partial charge in [-0.05, 0) is 24.7 Å². The summed E-state index contributed by atoms with van der Waals surface area (Å²) in [4.78, 5) is 11.9. The second-order valence-electron chi connectivity index (χ2n) is 5.51. The van der Waals surface area contributed by atoms with Crippen molar-refractivity contribution in [3.63, 3.8) is 0 Å². The van der Waals surface area contributed by atoms with Crippen molar-refractivity contribution in [2.45, 2.75) is 54.4 Å². The van der Waals surface area contributed by atoms with Gasteiger partial charge in [0.25, 0.3) is 0 Å². The third kappa shape index (κ3) is 9.59. The Morgan fingerprint density at radius 3 is 1.31 bits per heavy atom. The summed E-state index contributed by atoms with van der Waals surface area (Å²) in [6.45, 7) is 12.8. The first kappa shape index (κ1) is 21.6. The molecule has 0 bridgehead atoms. The zero-order valence-electron chi connectivity index (χ0n) is 11.6. The Bertz CT molecular complexity index is 167. The summed E-state index contributed by atoms with van der Waals surface area (Å²) in [6, 6.07) is 0. The summed E-state index contributed by atoms with van der Waals surface area (Å²) in [7, 11) is 0. The molecule has 0 fully saturated rings. The van der Waals surface area contributed by atoms with E-state index in [1.807, 2.05) is 13.8 Å². The molecule has 0 atom stereocenters. The molecule has 0 aliphatic heterocycles. The van der Waals surface area contributed by atoms with Crippen molar-refractivity contribution < 1.29 is 4.79 Å². The lowest BCUT2D eigenvalue weighted by Gasteiger charge is -2.21. The van der Waals surface area contributed by atoms with Crippen molar-refractivity contribution in [3.8, 4) is 0 Å². The van der Waals surface area contributed by atoms with E-state index in [4.69, 9.17) is 0 Å². The van der Waals surface area contributed by atoms with E-state index in [-0.39, 0.29) is 38.8 Å². The van der Waals surface area contributed by atoms with Crippen LogP contribution in [0.5, 0.6) is 0 Å². The summed E-state index contributed by atoms with van der Waals surface area (Å²) in [5.74, 6) is 2.18. The Kier molecular flexibility index (Phi) is 14.2. The molecule has 1 nitrogen and oxygen atoms in total. The maximum Gasteiger partial charge on any atom is 0.138 e. The van der Waals surface area contributed by atoms with Gasteiger partial charge in [0, 0.05) is 11.8 Å². The van der Waals surface area contributed by atoms with Crippen LogP contribution in [0.15, 0.2) is 0 Å². The minimum absolute atomic E-state index is 0. The Morgan fingerprint density at radius 1 is 0.812 bits per heavy atom. The Hall–Kier alpha value is 0.370. The van der Waals surface area contributed by atoms with Crippen LogP contribution in [0.25, 0.3) is 0 Å². The smallest absolute Gasteiger partial charge is 0.138 e. The molecule has 0 heterocycles. The molecule has 16 heavy (non-hydrogen) atoms. The molecular weight excluding hydrogens is 236 g/mol. The van der Waals surface area contributed by atoms with E-state index in [1.54, 1.807) is 0 Å². The van der Waals surface area contributed by atoms with Gasteiger partial charge >= 0.3 is 0 Å². The quantitative estimate of drug-likeness (QED) is 0.706. The zero-order chi connectivity index (χ0) is 11.3. The monoisotopic (exact) mass is 266 g/mol. The van der Waals surface area contributed by atoms with E-state index in [1.165, 1.54) is 0 Å². The lowest BCUT2D eigenvalue weighted by atomic mass is 9.83. The van der Waals surface area contributed by atoms with Gasteiger partial charge in [-0.2, -0.15) is 27.0 Å². The van der Waals surface area contributed by atoms with E-state index in [0.717, 1.165) is 12.8 Å². The second-order valence-corrected chi connectivity index (χ2v) is 5.51. The molecule has 0 aliphatic carbocycles. The van der Waals surface area contributed by atoms with Crippen LogP contribution in [-0.2, 0) is 4.79 Å². The van der Waals surface area contributed by atoms with Crippen LogP contribution in [0.1, 0.15) is 54.4 Å². The molecule has 0 aromatic carbocycles. The van der Waals surface area contributed by atoms with E-state index in [0.29, 0.717) is 17.6 Å². The fourth-order valence-electron chi connectivity index (χ4n) is 1.94. The Balaban J connectivity index is -0.000000845. The van der Waals surface area contributed by atoms with Crippen LogP contribution in [0.4, 0.5) is 0 Å². The number of hydrogen-bond donors (Lipinski definition) is 0. The average molecular weight is 267 g/mol. The minimum atomic E-state index is 0. The van der Waals surface area contributed by atoms with Crippen molar-refractivity contribution in [1.29, 1.82) is 0 Å². The third-order valence-electron chi connectivity index (χ3n) is 2.48. The lowest BCUT2D eigenvalue weighted by molar-refractivity contribution is -0.126. The first-order valence-electron chi connectivity index (χ1n) is 5.88. The summed E-state index contributed by atoms with van der Waals surface area (Å²) in [5, 5.41) is 0. The van der Waals surface area contributed by atoms with Crippen molar-refractivity contribution >= 4 is 32.8 Å². The van der Waals surface area contributed by atoms with Crippen LogP contribution < -0.4 is 0 Å². The van der Waals surface area contributed by atoms with Crippen molar-refractivity contribution in [2.24, 2.45) is 23.7 Å². The maximum atomic E-state index is 11.9. The highest BCUT2D eigenvalue weighted by atomic mass is 32.1. The zero-order valence-corrected chi connectivity index (χ0v) is 13.6. The molecule has 0 N–H and O–H groups in total. The lowest BCUT2D eigenvalue weighted by Crippen LogP contribution is -2.23. The number of carbonyl (C=O) groups excluding carboxylic acids is 1. The number of ketones is 1. The number of hydrogen-bond acceptors (Lipinski definition) is 1. The van der Waals surface area contributed by atoms with Crippen LogP contribution in [0, 0.1) is 23.7 Å². The van der Waals surface area contributed by atoms with Gasteiger partial charge in [-0.25, -0.2) is 0 Å². The van der Waals surface area contributed by atoms with Gasteiger partial charge < -0.3 is 0 Å². The topological polar surface area (TPSA) is 17.1 Å². The van der Waals surface area contributed by atoms with Crippen molar-refractivity contribution in [3.05, 3.63) is 0 Å². The minimum Gasteiger partial charge on any atom is -0.299 e. The molecule has 0 aliphatic rings. The fourth-order valence-corrected chi connectivity index (χ4v) is 1.94. The first-order chi connectivity index (χ1) is 6.34. The predicted molar refractivity (Wildman–Crippen MR) is 83.0 cm³/mol. The molecule has 0 aromatic heterocycles. The van der Waals surface area contributed by atoms with Gasteiger partial charge in [-0.1, -0.05) is 41.5 Å². The highest BCUT2D eigenvalue weighted by Crippen LogP contribution is 2.23. The standard InChI is InChI=1S/C13H26O.2H2S/c1-9(2)7-12(8-10(3)4)13(14)11(5)6;;/h9-12H,7-8H2,1-6H3;2*1H2. The van der Waals surface area contributed by atoms with Crippen molar-refractivity contribution in [2.75, 3.05) is 0 Å². The molecule has 0 rings (SSSR count). The summed E-state index contributed by atoms with van der Waals surface area (Å²) in [5.41, 5.74) is 0. The highest BCUT2D eigenvalue weighted by molar-refractivity contribution is 7.59. The van der Waals surface area contributed by atoms with Crippen LogP contribution in [-0.4, -0.2) is 5.78 Å². The molecule has 0 spiro atoms. The van der Waals surface area contributed by atoms with Crippen LogP contribution >= 0.6 is 27.0 Å².